The number of hydrogen-bond acceptors (Lipinski definition) is 7. The Balaban J connectivity index is 2.14. The van der Waals surface area contributed by atoms with Crippen LogP contribution < -0.4 is 0 Å². The van der Waals surface area contributed by atoms with Crippen molar-refractivity contribution in [1.82, 2.24) is 0 Å². The summed E-state index contributed by atoms with van der Waals surface area (Å²) in [6.45, 7) is 3.53. The molecule has 7 heteroatoms. The van der Waals surface area contributed by atoms with Crippen molar-refractivity contribution in [1.29, 1.82) is 0 Å². The number of fused-ring (bicyclic) bond motifs is 2. The summed E-state index contributed by atoms with van der Waals surface area (Å²) in [5.74, 6) is -2.58. The van der Waals surface area contributed by atoms with E-state index < -0.39 is 29.0 Å². The Morgan fingerprint density at radius 2 is 1.64 bits per heavy atom. The highest BCUT2D eigenvalue weighted by molar-refractivity contribution is 6.31. The maximum Gasteiger partial charge on any atom is 0.335 e. The third-order valence-electron chi connectivity index (χ3n) is 4.51. The van der Waals surface area contributed by atoms with Crippen molar-refractivity contribution >= 4 is 23.2 Å². The van der Waals surface area contributed by atoms with Crippen LogP contribution in [0.2, 0.25) is 0 Å². The predicted molar refractivity (Wildman–Crippen MR) is 101 cm³/mol. The molecule has 0 amide bonds. The van der Waals surface area contributed by atoms with E-state index in [1.165, 1.54) is 12.1 Å². The van der Waals surface area contributed by atoms with Crippen molar-refractivity contribution in [2.24, 2.45) is 5.16 Å². The summed E-state index contributed by atoms with van der Waals surface area (Å²) in [7, 11) is 0. The van der Waals surface area contributed by atoms with Gasteiger partial charge in [-0.05, 0) is 18.9 Å². The highest BCUT2D eigenvalue weighted by Gasteiger charge is 2.36. The number of hydrogen-bond donors (Lipinski definition) is 2. The van der Waals surface area contributed by atoms with Crippen molar-refractivity contribution in [2.75, 3.05) is 0 Å². The fourth-order valence-electron chi connectivity index (χ4n) is 3.14. The third kappa shape index (κ3) is 3.15. The molecule has 0 unspecified atom stereocenters. The molecule has 0 bridgehead atoms. The minimum Gasteiger partial charge on any atom is -0.507 e. The van der Waals surface area contributed by atoms with E-state index in [1.54, 1.807) is 19.1 Å². The number of phenolic OH excluding ortho intramolecular Hbond substituents is 2. The number of carbonyl (C=O) groups excluding carboxylic acids is 3. The lowest BCUT2D eigenvalue weighted by Crippen LogP contribution is -2.22. The van der Waals surface area contributed by atoms with Gasteiger partial charge in [-0.3, -0.25) is 9.59 Å². The molecule has 0 heterocycles. The summed E-state index contributed by atoms with van der Waals surface area (Å²) < 4.78 is 0. The van der Waals surface area contributed by atoms with Gasteiger partial charge in [0, 0.05) is 23.1 Å². The number of benzene rings is 2. The van der Waals surface area contributed by atoms with Gasteiger partial charge in [0.05, 0.1) is 16.8 Å². The number of carbonyl (C=O) groups is 3. The zero-order chi connectivity index (χ0) is 20.4. The van der Waals surface area contributed by atoms with E-state index in [9.17, 15) is 24.6 Å². The molecule has 3 rings (SSSR count). The van der Waals surface area contributed by atoms with Gasteiger partial charge in [-0.2, -0.15) is 0 Å². The average Bonchev–Trinajstić information content (AvgIpc) is 2.69. The minimum atomic E-state index is -0.571. The average molecular weight is 381 g/mol. The molecule has 7 nitrogen and oxygen atoms in total. The molecule has 1 aliphatic rings. The smallest absolute Gasteiger partial charge is 0.335 e. The highest BCUT2D eigenvalue weighted by Crippen LogP contribution is 2.40. The molecule has 144 valence electrons. The Morgan fingerprint density at radius 1 is 1.04 bits per heavy atom. The van der Waals surface area contributed by atoms with E-state index in [0.29, 0.717) is 6.42 Å². The Labute approximate surface area is 161 Å². The summed E-state index contributed by atoms with van der Waals surface area (Å²) in [5.41, 5.74) is -0.0117. The molecular formula is C21H19NO6. The lowest BCUT2D eigenvalue weighted by Gasteiger charge is -2.21. The number of nitrogens with zero attached hydrogens (tertiary/aromatic N) is 1. The molecule has 2 aromatic rings. The van der Waals surface area contributed by atoms with Crippen LogP contribution in [0, 0.1) is 0 Å². The van der Waals surface area contributed by atoms with Crippen LogP contribution in [0.5, 0.6) is 11.5 Å². The van der Waals surface area contributed by atoms with Crippen molar-refractivity contribution < 1.29 is 29.4 Å². The molecule has 0 atom stereocenters. The van der Waals surface area contributed by atoms with Gasteiger partial charge < -0.3 is 15.1 Å². The van der Waals surface area contributed by atoms with Gasteiger partial charge in [0.25, 0.3) is 0 Å². The molecular weight excluding hydrogens is 362 g/mol. The van der Waals surface area contributed by atoms with Gasteiger partial charge in [-0.1, -0.05) is 43.3 Å². The number of oxime groups is 1. The standard InChI is InChI=1S/C21H19NO6/c1-3-7-16(24)28-22-14(4-2)13-10-15(23)17-18(21(13)27)20(26)12-9-6-5-8-11(12)19(17)25/h5-6,8-10,23,27H,3-4,7H2,1-2H3/b22-14+. The van der Waals surface area contributed by atoms with Crippen LogP contribution in [0.4, 0.5) is 0 Å². The Bertz CT molecular complexity index is 1020. The number of phenols is 2. The lowest BCUT2D eigenvalue weighted by atomic mass is 9.81. The molecule has 2 aromatic carbocycles. The molecule has 0 aromatic heterocycles. The van der Waals surface area contributed by atoms with Crippen LogP contribution in [-0.2, 0) is 9.63 Å². The number of ketones is 2. The van der Waals surface area contributed by atoms with Crippen LogP contribution in [0.3, 0.4) is 0 Å². The highest BCUT2D eigenvalue weighted by atomic mass is 16.7. The first kappa shape index (κ1) is 19.3. The van der Waals surface area contributed by atoms with Gasteiger partial charge >= 0.3 is 5.97 Å². The zero-order valence-electron chi connectivity index (χ0n) is 15.5. The quantitative estimate of drug-likeness (QED) is 0.303. The summed E-state index contributed by atoms with van der Waals surface area (Å²) >= 11 is 0. The van der Waals surface area contributed by atoms with Gasteiger partial charge in [-0.15, -0.1) is 0 Å². The Morgan fingerprint density at radius 3 is 2.21 bits per heavy atom. The van der Waals surface area contributed by atoms with Crippen LogP contribution in [0.15, 0.2) is 35.5 Å². The molecule has 0 aliphatic heterocycles. The van der Waals surface area contributed by atoms with Crippen LogP contribution >= 0.6 is 0 Å². The second-order valence-corrected chi connectivity index (χ2v) is 6.35. The first-order valence-corrected chi connectivity index (χ1v) is 8.95. The summed E-state index contributed by atoms with van der Waals surface area (Å²) in [4.78, 5) is 42.0. The minimum absolute atomic E-state index is 0.0311. The van der Waals surface area contributed by atoms with E-state index in [0.717, 1.165) is 6.07 Å². The molecule has 0 saturated carbocycles. The second kappa shape index (κ2) is 7.64. The molecule has 0 fully saturated rings. The van der Waals surface area contributed by atoms with Crippen molar-refractivity contribution in [3.8, 4) is 11.5 Å². The molecule has 0 radical (unpaired) electrons. The first-order valence-electron chi connectivity index (χ1n) is 8.95. The first-order chi connectivity index (χ1) is 13.4. The van der Waals surface area contributed by atoms with E-state index >= 15 is 0 Å². The second-order valence-electron chi connectivity index (χ2n) is 6.35. The summed E-state index contributed by atoms with van der Waals surface area (Å²) in [5, 5.41) is 24.9. The van der Waals surface area contributed by atoms with Gasteiger partial charge in [-0.25, -0.2) is 4.79 Å². The maximum absolute atomic E-state index is 12.9. The topological polar surface area (TPSA) is 113 Å². The van der Waals surface area contributed by atoms with E-state index in [2.05, 4.69) is 5.16 Å². The van der Waals surface area contributed by atoms with Gasteiger partial charge in [0.1, 0.15) is 11.5 Å². The molecule has 1 aliphatic carbocycles. The monoisotopic (exact) mass is 381 g/mol. The Hall–Kier alpha value is -3.48. The van der Waals surface area contributed by atoms with E-state index in [4.69, 9.17) is 4.84 Å². The molecule has 2 N–H and O–H groups in total. The SMILES string of the molecule is CCCC(=O)O/N=C(\CC)c1cc(O)c2c(c1O)C(=O)c1ccccc1C2=O. The van der Waals surface area contributed by atoms with Gasteiger partial charge in [0.15, 0.2) is 11.6 Å². The van der Waals surface area contributed by atoms with Crippen molar-refractivity contribution in [3.63, 3.8) is 0 Å². The molecule has 28 heavy (non-hydrogen) atoms. The molecule has 0 saturated heterocycles. The zero-order valence-corrected chi connectivity index (χ0v) is 15.5. The van der Waals surface area contributed by atoms with Crippen LogP contribution in [0.25, 0.3) is 0 Å². The van der Waals surface area contributed by atoms with Gasteiger partial charge in [0.2, 0.25) is 0 Å². The fourth-order valence-corrected chi connectivity index (χ4v) is 3.14. The predicted octanol–water partition coefficient (Wildman–Crippen LogP) is 3.33. The largest absolute Gasteiger partial charge is 0.507 e. The van der Waals surface area contributed by atoms with Crippen molar-refractivity contribution in [2.45, 2.75) is 33.1 Å². The summed E-state index contributed by atoms with van der Waals surface area (Å²) in [6, 6.07) is 7.37. The van der Waals surface area contributed by atoms with E-state index in [-0.39, 0.29) is 46.4 Å². The van der Waals surface area contributed by atoms with Crippen molar-refractivity contribution in [3.05, 3.63) is 58.1 Å². The lowest BCUT2D eigenvalue weighted by molar-refractivity contribution is -0.143. The number of aromatic hydroxyl groups is 2. The molecule has 0 spiro atoms. The summed E-state index contributed by atoms with van der Waals surface area (Å²) in [6.07, 6.45) is 1.03. The number of rotatable bonds is 5. The van der Waals surface area contributed by atoms with E-state index in [1.807, 2.05) is 6.92 Å². The maximum atomic E-state index is 12.9. The fraction of sp³-hybridized carbons (Fsp3) is 0.238. The van der Waals surface area contributed by atoms with Crippen LogP contribution in [-0.4, -0.2) is 33.5 Å². The van der Waals surface area contributed by atoms with Crippen LogP contribution in [0.1, 0.15) is 70.5 Å². The Kier molecular flexibility index (Phi) is 5.26. The third-order valence-corrected chi connectivity index (χ3v) is 4.51. The normalized spacial score (nSPS) is 13.1.